The summed E-state index contributed by atoms with van der Waals surface area (Å²) in [5, 5.41) is 1.80. The van der Waals surface area contributed by atoms with Crippen LogP contribution in [-0.4, -0.2) is 13.4 Å². The number of hydrogen-bond acceptors (Lipinski definition) is 5. The molecule has 0 radical (unpaired) electrons. The second kappa shape index (κ2) is 5.51. The van der Waals surface area contributed by atoms with E-state index in [1.807, 2.05) is 6.92 Å². The normalized spacial score (nSPS) is 11.6. The van der Waals surface area contributed by atoms with Crippen molar-refractivity contribution < 1.29 is 8.42 Å². The molecule has 2 heterocycles. The number of rotatable bonds is 4. The van der Waals surface area contributed by atoms with E-state index < -0.39 is 10.0 Å². The Morgan fingerprint density at radius 3 is 2.60 bits per heavy atom. The summed E-state index contributed by atoms with van der Waals surface area (Å²) in [4.78, 5) is 5.20. The number of thiophene rings is 1. The van der Waals surface area contributed by atoms with E-state index in [-0.39, 0.29) is 11.4 Å². The molecule has 3 N–H and O–H groups in total. The van der Waals surface area contributed by atoms with Gasteiger partial charge in [0.2, 0.25) is 0 Å². The zero-order chi connectivity index (χ0) is 14.9. The molecule has 7 heteroatoms. The van der Waals surface area contributed by atoms with E-state index in [1.165, 1.54) is 11.3 Å². The van der Waals surface area contributed by atoms with Gasteiger partial charge in [0.1, 0.15) is 4.90 Å². The summed E-state index contributed by atoms with van der Waals surface area (Å²) in [6.07, 6.45) is 0. The highest BCUT2D eigenvalue weighted by molar-refractivity contribution is 7.93. The lowest BCUT2D eigenvalue weighted by Crippen LogP contribution is -2.16. The maximum atomic E-state index is 12.5. The van der Waals surface area contributed by atoms with Crippen LogP contribution in [0, 0.1) is 20.8 Å². The molecule has 5 nitrogen and oxygen atoms in total. The van der Waals surface area contributed by atoms with Crippen molar-refractivity contribution in [3.8, 4) is 0 Å². The standard InChI is InChI=1S/C13H17N3O2S2/c1-8-7-19-12(6-14)13(8)20(17,18)16-11-5-4-9(2)15-10(11)3/h4-5,7,16H,6,14H2,1-3H3. The summed E-state index contributed by atoms with van der Waals surface area (Å²) in [6.45, 7) is 5.61. The second-order valence-electron chi connectivity index (χ2n) is 4.57. The third-order valence-corrected chi connectivity index (χ3v) is 5.76. The minimum Gasteiger partial charge on any atom is -0.326 e. The number of sulfonamides is 1. The first-order chi connectivity index (χ1) is 9.35. The number of anilines is 1. The zero-order valence-electron chi connectivity index (χ0n) is 11.6. The van der Waals surface area contributed by atoms with Crippen molar-refractivity contribution in [2.24, 2.45) is 5.73 Å². The molecular formula is C13H17N3O2S2. The Morgan fingerprint density at radius 2 is 2.00 bits per heavy atom. The molecule has 2 aromatic rings. The van der Waals surface area contributed by atoms with Crippen LogP contribution in [-0.2, 0) is 16.6 Å². The molecule has 0 unspecified atom stereocenters. The number of nitrogens with one attached hydrogen (secondary N) is 1. The van der Waals surface area contributed by atoms with Gasteiger partial charge in [-0.1, -0.05) is 0 Å². The second-order valence-corrected chi connectivity index (χ2v) is 7.15. The fourth-order valence-electron chi connectivity index (χ4n) is 1.98. The maximum absolute atomic E-state index is 12.5. The zero-order valence-corrected chi connectivity index (χ0v) is 13.2. The molecule has 0 saturated carbocycles. The fourth-order valence-corrected chi connectivity index (χ4v) is 4.80. The Bertz CT molecular complexity index is 736. The van der Waals surface area contributed by atoms with Crippen molar-refractivity contribution in [3.63, 3.8) is 0 Å². The molecule has 0 spiro atoms. The number of hydrogen-bond donors (Lipinski definition) is 2. The number of nitrogens with two attached hydrogens (primary N) is 1. The van der Waals surface area contributed by atoms with Gasteiger partial charge in [-0.2, -0.15) is 0 Å². The van der Waals surface area contributed by atoms with E-state index >= 15 is 0 Å². The van der Waals surface area contributed by atoms with Crippen molar-refractivity contribution in [1.82, 2.24) is 4.98 Å². The van der Waals surface area contributed by atoms with Crippen molar-refractivity contribution in [1.29, 1.82) is 0 Å². The topological polar surface area (TPSA) is 85.1 Å². The molecule has 0 aliphatic carbocycles. The smallest absolute Gasteiger partial charge is 0.263 e. The van der Waals surface area contributed by atoms with Crippen LogP contribution < -0.4 is 10.5 Å². The van der Waals surface area contributed by atoms with Crippen LogP contribution in [0.25, 0.3) is 0 Å². The van der Waals surface area contributed by atoms with Gasteiger partial charge in [0.15, 0.2) is 0 Å². The van der Waals surface area contributed by atoms with Gasteiger partial charge in [0.05, 0.1) is 11.4 Å². The summed E-state index contributed by atoms with van der Waals surface area (Å²) >= 11 is 1.36. The fraction of sp³-hybridized carbons (Fsp3) is 0.308. The maximum Gasteiger partial charge on any atom is 0.263 e. The first kappa shape index (κ1) is 15.0. The average molecular weight is 311 g/mol. The third-order valence-electron chi connectivity index (χ3n) is 2.91. The van der Waals surface area contributed by atoms with E-state index in [4.69, 9.17) is 5.73 Å². The van der Waals surface area contributed by atoms with Gasteiger partial charge in [0, 0.05) is 17.1 Å². The highest BCUT2D eigenvalue weighted by atomic mass is 32.2. The minimum atomic E-state index is -3.64. The van der Waals surface area contributed by atoms with Crippen LogP contribution >= 0.6 is 11.3 Å². The van der Waals surface area contributed by atoms with Crippen LogP contribution in [0.15, 0.2) is 22.4 Å². The number of nitrogens with zero attached hydrogens (tertiary/aromatic N) is 1. The van der Waals surface area contributed by atoms with Crippen molar-refractivity contribution in [3.05, 3.63) is 39.3 Å². The number of pyridine rings is 1. The largest absolute Gasteiger partial charge is 0.326 e. The van der Waals surface area contributed by atoms with E-state index in [0.29, 0.717) is 21.8 Å². The highest BCUT2D eigenvalue weighted by Gasteiger charge is 2.23. The monoisotopic (exact) mass is 311 g/mol. The Morgan fingerprint density at radius 1 is 1.30 bits per heavy atom. The Labute approximate surface area is 122 Å². The summed E-state index contributed by atoms with van der Waals surface area (Å²) in [5.74, 6) is 0. The molecule has 0 atom stereocenters. The highest BCUT2D eigenvalue weighted by Crippen LogP contribution is 2.28. The van der Waals surface area contributed by atoms with Gasteiger partial charge in [0.25, 0.3) is 10.0 Å². The molecular weight excluding hydrogens is 294 g/mol. The van der Waals surface area contributed by atoms with E-state index in [2.05, 4.69) is 9.71 Å². The van der Waals surface area contributed by atoms with Crippen LogP contribution in [0.1, 0.15) is 21.8 Å². The van der Waals surface area contributed by atoms with Crippen molar-refractivity contribution in [2.45, 2.75) is 32.2 Å². The molecule has 0 aliphatic rings. The SMILES string of the molecule is Cc1ccc(NS(=O)(=O)c2c(C)csc2CN)c(C)n1. The molecule has 0 amide bonds. The lowest BCUT2D eigenvalue weighted by atomic mass is 10.3. The summed E-state index contributed by atoms with van der Waals surface area (Å²) in [5.41, 5.74) is 8.30. The predicted octanol–water partition coefficient (Wildman–Crippen LogP) is 2.33. The molecule has 0 aliphatic heterocycles. The van der Waals surface area contributed by atoms with Gasteiger partial charge in [-0.05, 0) is 43.8 Å². The minimum absolute atomic E-state index is 0.208. The van der Waals surface area contributed by atoms with E-state index in [0.717, 1.165) is 5.69 Å². The molecule has 2 rings (SSSR count). The number of aryl methyl sites for hydroxylation is 3. The lowest BCUT2D eigenvalue weighted by Gasteiger charge is -2.11. The van der Waals surface area contributed by atoms with Crippen LogP contribution in [0.5, 0.6) is 0 Å². The summed E-state index contributed by atoms with van der Waals surface area (Å²) in [7, 11) is -3.64. The van der Waals surface area contributed by atoms with Crippen LogP contribution in [0.2, 0.25) is 0 Å². The first-order valence-electron chi connectivity index (χ1n) is 6.09. The molecule has 20 heavy (non-hydrogen) atoms. The summed E-state index contributed by atoms with van der Waals surface area (Å²) in [6, 6.07) is 3.49. The molecule has 108 valence electrons. The third kappa shape index (κ3) is 2.84. The Hall–Kier alpha value is -1.44. The van der Waals surface area contributed by atoms with E-state index in [1.54, 1.807) is 31.4 Å². The van der Waals surface area contributed by atoms with E-state index in [9.17, 15) is 8.42 Å². The Kier molecular flexibility index (Phi) is 4.12. The van der Waals surface area contributed by atoms with Crippen LogP contribution in [0.4, 0.5) is 5.69 Å². The van der Waals surface area contributed by atoms with Crippen molar-refractivity contribution in [2.75, 3.05) is 4.72 Å². The first-order valence-corrected chi connectivity index (χ1v) is 8.45. The molecule has 2 aromatic heterocycles. The lowest BCUT2D eigenvalue weighted by molar-refractivity contribution is 0.600. The van der Waals surface area contributed by atoms with Gasteiger partial charge in [-0.3, -0.25) is 9.71 Å². The Balaban J connectivity index is 2.43. The van der Waals surface area contributed by atoms with Gasteiger partial charge < -0.3 is 5.73 Å². The predicted molar refractivity (Wildman–Crippen MR) is 81.5 cm³/mol. The van der Waals surface area contributed by atoms with Gasteiger partial charge in [-0.25, -0.2) is 8.42 Å². The average Bonchev–Trinajstić information content (AvgIpc) is 2.75. The molecule has 0 fully saturated rings. The van der Waals surface area contributed by atoms with Crippen LogP contribution in [0.3, 0.4) is 0 Å². The van der Waals surface area contributed by atoms with Gasteiger partial charge >= 0.3 is 0 Å². The number of aromatic nitrogens is 1. The molecule has 0 saturated heterocycles. The van der Waals surface area contributed by atoms with Gasteiger partial charge in [-0.15, -0.1) is 11.3 Å². The molecule has 0 bridgehead atoms. The summed E-state index contributed by atoms with van der Waals surface area (Å²) < 4.78 is 27.6. The quantitative estimate of drug-likeness (QED) is 0.907. The van der Waals surface area contributed by atoms with Crippen molar-refractivity contribution >= 4 is 27.0 Å². The molecule has 0 aromatic carbocycles.